The first kappa shape index (κ1) is 13.4. The quantitative estimate of drug-likeness (QED) is 0.320. The summed E-state index contributed by atoms with van der Waals surface area (Å²) in [6, 6.07) is 4.70. The summed E-state index contributed by atoms with van der Waals surface area (Å²) in [7, 11) is 1.58. The van der Waals surface area contributed by atoms with E-state index in [0.29, 0.717) is 25.4 Å². The summed E-state index contributed by atoms with van der Waals surface area (Å²) in [5.74, 6) is 5.18. The molecule has 0 bridgehead atoms. The van der Waals surface area contributed by atoms with E-state index in [0.717, 1.165) is 0 Å². The van der Waals surface area contributed by atoms with Gasteiger partial charge < -0.3 is 14.9 Å². The number of hydrazine groups is 1. The van der Waals surface area contributed by atoms with E-state index < -0.39 is 4.92 Å². The maximum atomic E-state index is 10.8. The number of nitrogens with two attached hydrogens (primary N) is 1. The lowest BCUT2D eigenvalue weighted by atomic mass is 10.2. The lowest BCUT2D eigenvalue weighted by Gasteiger charge is -2.06. The first-order valence-corrected chi connectivity index (χ1v) is 4.99. The van der Waals surface area contributed by atoms with E-state index in [1.807, 2.05) is 0 Å². The molecule has 94 valence electrons. The molecule has 0 aliphatic carbocycles. The van der Waals surface area contributed by atoms with Gasteiger partial charge in [-0.15, -0.1) is 0 Å². The largest absolute Gasteiger partial charge is 0.382 e. The van der Waals surface area contributed by atoms with Gasteiger partial charge in [-0.1, -0.05) is 6.07 Å². The van der Waals surface area contributed by atoms with Crippen LogP contribution in [0.25, 0.3) is 0 Å². The maximum absolute atomic E-state index is 10.8. The lowest BCUT2D eigenvalue weighted by molar-refractivity contribution is -0.384. The van der Waals surface area contributed by atoms with Gasteiger partial charge in [0.25, 0.3) is 5.69 Å². The Bertz CT molecular complexity index is 384. The van der Waals surface area contributed by atoms with Crippen molar-refractivity contribution >= 4 is 11.4 Å². The van der Waals surface area contributed by atoms with Crippen LogP contribution in [0.15, 0.2) is 18.2 Å². The van der Waals surface area contributed by atoms with Gasteiger partial charge >= 0.3 is 0 Å². The van der Waals surface area contributed by atoms with Crippen molar-refractivity contribution < 1.29 is 14.4 Å². The summed E-state index contributed by atoms with van der Waals surface area (Å²) >= 11 is 0. The van der Waals surface area contributed by atoms with Crippen molar-refractivity contribution in [2.45, 2.75) is 6.61 Å². The van der Waals surface area contributed by atoms with Gasteiger partial charge in [0.05, 0.1) is 24.7 Å². The number of nitrogens with one attached hydrogen (secondary N) is 1. The van der Waals surface area contributed by atoms with Crippen LogP contribution < -0.4 is 11.3 Å². The number of benzene rings is 1. The highest BCUT2D eigenvalue weighted by molar-refractivity contribution is 5.61. The van der Waals surface area contributed by atoms with Crippen molar-refractivity contribution in [1.29, 1.82) is 0 Å². The SMILES string of the molecule is COCCOCc1ccc(NN)c([N+](=O)[O-])c1. The number of hydrogen-bond donors (Lipinski definition) is 2. The van der Waals surface area contributed by atoms with Crippen LogP contribution in [0.1, 0.15) is 5.56 Å². The Kier molecular flexibility index (Phi) is 5.34. The third kappa shape index (κ3) is 3.99. The highest BCUT2D eigenvalue weighted by Gasteiger charge is 2.13. The van der Waals surface area contributed by atoms with Crippen molar-refractivity contribution in [2.24, 2.45) is 5.84 Å². The first-order valence-electron chi connectivity index (χ1n) is 4.99. The van der Waals surface area contributed by atoms with Crippen LogP contribution in [0.2, 0.25) is 0 Å². The van der Waals surface area contributed by atoms with Crippen LogP contribution in [-0.2, 0) is 16.1 Å². The molecule has 0 atom stereocenters. The van der Waals surface area contributed by atoms with Gasteiger partial charge in [-0.3, -0.25) is 16.0 Å². The summed E-state index contributed by atoms with van der Waals surface area (Å²) in [4.78, 5) is 10.3. The molecule has 0 heterocycles. The molecule has 0 unspecified atom stereocenters. The van der Waals surface area contributed by atoms with E-state index in [9.17, 15) is 10.1 Å². The van der Waals surface area contributed by atoms with E-state index in [2.05, 4.69) is 5.43 Å². The Morgan fingerprint density at radius 2 is 2.24 bits per heavy atom. The third-order valence-electron chi connectivity index (χ3n) is 2.11. The summed E-state index contributed by atoms with van der Waals surface area (Å²) in [5.41, 5.74) is 3.20. The number of methoxy groups -OCH3 is 1. The summed E-state index contributed by atoms with van der Waals surface area (Å²) in [5, 5.41) is 10.8. The van der Waals surface area contributed by atoms with E-state index in [1.165, 1.54) is 6.07 Å². The van der Waals surface area contributed by atoms with E-state index >= 15 is 0 Å². The van der Waals surface area contributed by atoms with Crippen LogP contribution in [0.4, 0.5) is 11.4 Å². The Morgan fingerprint density at radius 3 is 2.82 bits per heavy atom. The van der Waals surface area contributed by atoms with Crippen LogP contribution in [0.5, 0.6) is 0 Å². The van der Waals surface area contributed by atoms with Crippen molar-refractivity contribution in [3.63, 3.8) is 0 Å². The second kappa shape index (κ2) is 6.79. The topological polar surface area (TPSA) is 99.7 Å². The molecule has 0 aromatic heterocycles. The fraction of sp³-hybridized carbons (Fsp3) is 0.400. The fourth-order valence-corrected chi connectivity index (χ4v) is 1.27. The number of hydrogen-bond acceptors (Lipinski definition) is 6. The normalized spacial score (nSPS) is 10.2. The molecule has 7 heteroatoms. The number of anilines is 1. The van der Waals surface area contributed by atoms with Crippen LogP contribution in [0, 0.1) is 10.1 Å². The Morgan fingerprint density at radius 1 is 1.47 bits per heavy atom. The highest BCUT2D eigenvalue weighted by Crippen LogP contribution is 2.24. The van der Waals surface area contributed by atoms with Gasteiger partial charge in [0.2, 0.25) is 0 Å². The van der Waals surface area contributed by atoms with Gasteiger partial charge in [-0.2, -0.15) is 0 Å². The highest BCUT2D eigenvalue weighted by atomic mass is 16.6. The Balaban J connectivity index is 2.68. The Hall–Kier alpha value is -1.70. The zero-order chi connectivity index (χ0) is 12.7. The van der Waals surface area contributed by atoms with Gasteiger partial charge in [0.15, 0.2) is 0 Å². The molecule has 0 amide bonds. The number of rotatable bonds is 7. The van der Waals surface area contributed by atoms with E-state index in [4.69, 9.17) is 15.3 Å². The summed E-state index contributed by atoms with van der Waals surface area (Å²) in [6.07, 6.45) is 0. The average molecular weight is 241 g/mol. The smallest absolute Gasteiger partial charge is 0.294 e. The average Bonchev–Trinajstić information content (AvgIpc) is 2.34. The van der Waals surface area contributed by atoms with Crippen molar-refractivity contribution in [3.8, 4) is 0 Å². The molecule has 1 aromatic rings. The van der Waals surface area contributed by atoms with Gasteiger partial charge in [0, 0.05) is 13.2 Å². The monoisotopic (exact) mass is 241 g/mol. The molecular weight excluding hydrogens is 226 g/mol. The van der Waals surface area contributed by atoms with Crippen molar-refractivity contribution in [3.05, 3.63) is 33.9 Å². The molecule has 3 N–H and O–H groups in total. The van der Waals surface area contributed by atoms with Crippen LogP contribution in [-0.4, -0.2) is 25.2 Å². The second-order valence-electron chi connectivity index (χ2n) is 3.30. The maximum Gasteiger partial charge on any atom is 0.294 e. The summed E-state index contributed by atoms with van der Waals surface area (Å²) < 4.78 is 10.1. The molecule has 0 saturated heterocycles. The van der Waals surface area contributed by atoms with E-state index in [-0.39, 0.29) is 11.4 Å². The molecule has 0 radical (unpaired) electrons. The van der Waals surface area contributed by atoms with Gasteiger partial charge in [-0.25, -0.2) is 0 Å². The van der Waals surface area contributed by atoms with E-state index in [1.54, 1.807) is 19.2 Å². The van der Waals surface area contributed by atoms with Crippen molar-refractivity contribution in [2.75, 3.05) is 25.7 Å². The Labute approximate surface area is 98.6 Å². The molecule has 17 heavy (non-hydrogen) atoms. The number of nitrogens with zero attached hydrogens (tertiary/aromatic N) is 1. The molecule has 0 aliphatic heterocycles. The van der Waals surface area contributed by atoms with Crippen molar-refractivity contribution in [1.82, 2.24) is 0 Å². The standard InChI is InChI=1S/C10H15N3O4/c1-16-4-5-17-7-8-2-3-9(12-11)10(6-8)13(14)15/h2-3,6,12H,4-5,7,11H2,1H3. The minimum absolute atomic E-state index is 0.0691. The minimum atomic E-state index is -0.492. The number of nitro groups is 1. The number of nitrogen functional groups attached to an aromatic ring is 1. The van der Waals surface area contributed by atoms with Gasteiger partial charge in [0.1, 0.15) is 5.69 Å². The molecule has 0 spiro atoms. The molecular formula is C10H15N3O4. The van der Waals surface area contributed by atoms with Crippen LogP contribution >= 0.6 is 0 Å². The lowest BCUT2D eigenvalue weighted by Crippen LogP contribution is -2.09. The number of ether oxygens (including phenoxy) is 2. The minimum Gasteiger partial charge on any atom is -0.382 e. The predicted molar refractivity (Wildman–Crippen MR) is 62.4 cm³/mol. The zero-order valence-corrected chi connectivity index (χ0v) is 9.51. The summed E-state index contributed by atoms with van der Waals surface area (Å²) in [6.45, 7) is 1.24. The molecule has 0 fully saturated rings. The molecule has 0 saturated carbocycles. The molecule has 1 rings (SSSR count). The van der Waals surface area contributed by atoms with Gasteiger partial charge in [-0.05, 0) is 11.6 Å². The number of nitro benzene ring substituents is 1. The third-order valence-corrected chi connectivity index (χ3v) is 2.11. The zero-order valence-electron chi connectivity index (χ0n) is 9.51. The molecule has 7 nitrogen and oxygen atoms in total. The predicted octanol–water partition coefficient (Wildman–Crippen LogP) is 1.04. The second-order valence-corrected chi connectivity index (χ2v) is 3.30. The molecule has 1 aromatic carbocycles. The first-order chi connectivity index (χ1) is 8.19. The molecule has 0 aliphatic rings. The van der Waals surface area contributed by atoms with Crippen LogP contribution in [0.3, 0.4) is 0 Å². The fourth-order valence-electron chi connectivity index (χ4n) is 1.27.